The van der Waals surface area contributed by atoms with Crippen LogP contribution in [0.2, 0.25) is 0 Å². The Morgan fingerprint density at radius 2 is 1.68 bits per heavy atom. The van der Waals surface area contributed by atoms with Crippen LogP contribution in [0, 0.1) is 5.82 Å². The van der Waals surface area contributed by atoms with Gasteiger partial charge in [-0.3, -0.25) is 4.98 Å². The van der Waals surface area contributed by atoms with Crippen molar-refractivity contribution in [2.24, 2.45) is 0 Å². The summed E-state index contributed by atoms with van der Waals surface area (Å²) in [6.07, 6.45) is 5.01. The van der Waals surface area contributed by atoms with Crippen molar-refractivity contribution >= 4 is 28.7 Å². The van der Waals surface area contributed by atoms with E-state index in [2.05, 4.69) is 4.98 Å². The molecule has 0 N–H and O–H groups in total. The third-order valence-corrected chi connectivity index (χ3v) is 3.62. The number of benzene rings is 2. The molecule has 1 heterocycles. The number of hydrogen-bond donors (Lipinski definition) is 0. The van der Waals surface area contributed by atoms with Crippen LogP contribution >= 0.6 is 0 Å². The van der Waals surface area contributed by atoms with E-state index in [1.807, 2.05) is 79.7 Å². The fraction of sp³-hybridized carbons (Fsp3) is 0.105. The number of anilines is 1. The Hall–Kier alpha value is -2.68. The van der Waals surface area contributed by atoms with Crippen LogP contribution in [0.15, 0.2) is 54.7 Å². The lowest BCUT2D eigenvalue weighted by atomic mass is 10.1. The lowest BCUT2D eigenvalue weighted by Gasteiger charge is -2.11. The van der Waals surface area contributed by atoms with Crippen LogP contribution in [0.25, 0.3) is 23.1 Å². The molecule has 0 aliphatic carbocycles. The van der Waals surface area contributed by atoms with Crippen molar-refractivity contribution in [1.29, 1.82) is 0 Å². The molecule has 110 valence electrons. The Morgan fingerprint density at radius 1 is 0.955 bits per heavy atom. The summed E-state index contributed by atoms with van der Waals surface area (Å²) in [6, 6.07) is 15.7. The smallest absolute Gasteiger partial charge is 0.149 e. The van der Waals surface area contributed by atoms with Crippen molar-refractivity contribution in [2.75, 3.05) is 19.0 Å². The van der Waals surface area contributed by atoms with E-state index in [1.54, 1.807) is 0 Å². The molecule has 3 aromatic rings. The monoisotopic (exact) mass is 292 g/mol. The van der Waals surface area contributed by atoms with E-state index in [9.17, 15) is 4.39 Å². The average molecular weight is 292 g/mol. The van der Waals surface area contributed by atoms with Gasteiger partial charge in [0.05, 0.1) is 11.7 Å². The summed E-state index contributed by atoms with van der Waals surface area (Å²) in [5.74, 6) is -0.306. The molecular formula is C19H17FN2. The zero-order valence-electron chi connectivity index (χ0n) is 12.6. The number of rotatable bonds is 3. The van der Waals surface area contributed by atoms with E-state index >= 15 is 0 Å². The molecule has 3 heteroatoms. The highest BCUT2D eigenvalue weighted by Crippen LogP contribution is 2.22. The van der Waals surface area contributed by atoms with E-state index in [0.29, 0.717) is 5.56 Å². The van der Waals surface area contributed by atoms with Gasteiger partial charge in [-0.15, -0.1) is 0 Å². The molecule has 2 nitrogen and oxygen atoms in total. The second-order valence-corrected chi connectivity index (χ2v) is 5.36. The van der Waals surface area contributed by atoms with Gasteiger partial charge in [-0.25, -0.2) is 4.39 Å². The summed E-state index contributed by atoms with van der Waals surface area (Å²) >= 11 is 0. The third-order valence-electron chi connectivity index (χ3n) is 3.62. The van der Waals surface area contributed by atoms with E-state index in [0.717, 1.165) is 22.2 Å². The molecule has 2 aromatic carbocycles. The maximum atomic E-state index is 14.1. The molecule has 0 fully saturated rings. The molecule has 0 aliphatic rings. The molecule has 0 atom stereocenters. The maximum Gasteiger partial charge on any atom is 0.149 e. The van der Waals surface area contributed by atoms with Crippen LogP contribution in [0.1, 0.15) is 11.1 Å². The topological polar surface area (TPSA) is 16.1 Å². The van der Waals surface area contributed by atoms with E-state index < -0.39 is 0 Å². The first kappa shape index (κ1) is 14.3. The molecule has 0 bridgehead atoms. The highest BCUT2D eigenvalue weighted by Gasteiger charge is 2.05. The van der Waals surface area contributed by atoms with Crippen molar-refractivity contribution in [3.8, 4) is 0 Å². The first-order chi connectivity index (χ1) is 10.6. The standard InChI is InChI=1S/C19H17FN2/c1-22(2)15-10-7-14(8-11-15)9-12-16-17-5-3-4-6-19(17)21-13-18(16)20/h3-13H,1-2H3. The second-order valence-electron chi connectivity index (χ2n) is 5.36. The van der Waals surface area contributed by atoms with E-state index in [1.165, 1.54) is 6.20 Å². The van der Waals surface area contributed by atoms with Gasteiger partial charge in [-0.1, -0.05) is 42.5 Å². The number of hydrogen-bond acceptors (Lipinski definition) is 2. The molecule has 3 rings (SSSR count). The quantitative estimate of drug-likeness (QED) is 0.700. The molecule has 0 radical (unpaired) electrons. The average Bonchev–Trinajstić information content (AvgIpc) is 2.54. The first-order valence-corrected chi connectivity index (χ1v) is 7.14. The van der Waals surface area contributed by atoms with E-state index in [-0.39, 0.29) is 5.82 Å². The normalized spacial score (nSPS) is 11.2. The van der Waals surface area contributed by atoms with Crippen molar-refractivity contribution in [1.82, 2.24) is 4.98 Å². The van der Waals surface area contributed by atoms with Gasteiger partial charge in [0.25, 0.3) is 0 Å². The second kappa shape index (κ2) is 5.98. The zero-order chi connectivity index (χ0) is 15.5. The Morgan fingerprint density at radius 3 is 2.41 bits per heavy atom. The molecule has 0 unspecified atom stereocenters. The predicted octanol–water partition coefficient (Wildman–Crippen LogP) is 4.61. The van der Waals surface area contributed by atoms with Crippen LogP contribution in [-0.2, 0) is 0 Å². The summed E-state index contributed by atoms with van der Waals surface area (Å²) in [7, 11) is 4.01. The Bertz CT molecular complexity index is 820. The lowest BCUT2D eigenvalue weighted by molar-refractivity contribution is 0.621. The van der Waals surface area contributed by atoms with Gasteiger partial charge in [0.2, 0.25) is 0 Å². The third kappa shape index (κ3) is 2.84. The summed E-state index contributed by atoms with van der Waals surface area (Å²) in [5, 5.41) is 0.823. The largest absolute Gasteiger partial charge is 0.378 e. The number of fused-ring (bicyclic) bond motifs is 1. The summed E-state index contributed by atoms with van der Waals surface area (Å²) < 4.78 is 14.1. The fourth-order valence-electron chi connectivity index (χ4n) is 2.37. The van der Waals surface area contributed by atoms with Gasteiger partial charge in [-0.05, 0) is 23.8 Å². The lowest BCUT2D eigenvalue weighted by Crippen LogP contribution is -2.07. The molecule has 0 saturated heterocycles. The maximum absolute atomic E-state index is 14.1. The minimum atomic E-state index is -0.306. The number of pyridine rings is 1. The van der Waals surface area contributed by atoms with Gasteiger partial charge in [0, 0.05) is 30.7 Å². The van der Waals surface area contributed by atoms with Crippen LogP contribution < -0.4 is 4.90 Å². The number of para-hydroxylation sites is 1. The number of nitrogens with zero attached hydrogens (tertiary/aromatic N) is 2. The van der Waals surface area contributed by atoms with Crippen LogP contribution in [0.4, 0.5) is 10.1 Å². The van der Waals surface area contributed by atoms with Gasteiger partial charge >= 0.3 is 0 Å². The number of aromatic nitrogens is 1. The zero-order valence-corrected chi connectivity index (χ0v) is 12.6. The van der Waals surface area contributed by atoms with Crippen molar-refractivity contribution in [2.45, 2.75) is 0 Å². The van der Waals surface area contributed by atoms with Gasteiger partial charge in [-0.2, -0.15) is 0 Å². The highest BCUT2D eigenvalue weighted by molar-refractivity contribution is 5.90. The minimum absolute atomic E-state index is 0.306. The Balaban J connectivity index is 1.97. The van der Waals surface area contributed by atoms with Crippen molar-refractivity contribution < 1.29 is 4.39 Å². The molecule has 0 amide bonds. The van der Waals surface area contributed by atoms with Crippen molar-refractivity contribution in [3.05, 3.63) is 71.7 Å². The highest BCUT2D eigenvalue weighted by atomic mass is 19.1. The van der Waals surface area contributed by atoms with Crippen LogP contribution in [0.5, 0.6) is 0 Å². The number of halogens is 1. The van der Waals surface area contributed by atoms with Gasteiger partial charge in [0.15, 0.2) is 0 Å². The molecule has 0 spiro atoms. The van der Waals surface area contributed by atoms with E-state index in [4.69, 9.17) is 0 Å². The Kier molecular flexibility index (Phi) is 3.88. The molecule has 0 aliphatic heterocycles. The summed E-state index contributed by atoms with van der Waals surface area (Å²) in [5.41, 5.74) is 3.54. The van der Waals surface area contributed by atoms with Crippen LogP contribution in [0.3, 0.4) is 0 Å². The SMILES string of the molecule is CN(C)c1ccc(C=Cc2c(F)cnc3ccccc23)cc1. The molecule has 22 heavy (non-hydrogen) atoms. The fourth-order valence-corrected chi connectivity index (χ4v) is 2.37. The minimum Gasteiger partial charge on any atom is -0.378 e. The Labute approximate surface area is 129 Å². The van der Waals surface area contributed by atoms with Crippen LogP contribution in [-0.4, -0.2) is 19.1 Å². The molecule has 1 aromatic heterocycles. The van der Waals surface area contributed by atoms with Gasteiger partial charge < -0.3 is 4.90 Å². The van der Waals surface area contributed by atoms with Gasteiger partial charge in [0.1, 0.15) is 5.82 Å². The first-order valence-electron chi connectivity index (χ1n) is 7.14. The predicted molar refractivity (Wildman–Crippen MR) is 91.4 cm³/mol. The van der Waals surface area contributed by atoms with Crippen molar-refractivity contribution in [3.63, 3.8) is 0 Å². The summed E-state index contributed by atoms with van der Waals surface area (Å²) in [4.78, 5) is 6.16. The molecule has 0 saturated carbocycles. The molecular weight excluding hydrogens is 275 g/mol. The summed E-state index contributed by atoms with van der Waals surface area (Å²) in [6.45, 7) is 0.